The predicted molar refractivity (Wildman–Crippen MR) is 128 cm³/mol. The van der Waals surface area contributed by atoms with Gasteiger partial charge in [-0.15, -0.1) is 5.10 Å². The number of nitrogens with one attached hydrogen (secondary N) is 1. The molecule has 0 saturated carbocycles. The molecule has 0 aliphatic rings. The predicted octanol–water partition coefficient (Wildman–Crippen LogP) is 4.48. The lowest BCUT2D eigenvalue weighted by Gasteiger charge is -2.08. The van der Waals surface area contributed by atoms with Crippen molar-refractivity contribution in [2.45, 2.75) is 34.2 Å². The van der Waals surface area contributed by atoms with E-state index < -0.39 is 0 Å². The molecule has 9 heteroatoms. The zero-order valence-electron chi connectivity index (χ0n) is 20.1. The summed E-state index contributed by atoms with van der Waals surface area (Å²) in [6, 6.07) is 11.3. The Labute approximate surface area is 197 Å². The number of ether oxygens (including phenoxy) is 2. The van der Waals surface area contributed by atoms with Crippen molar-refractivity contribution in [2.24, 2.45) is 0 Å². The highest BCUT2D eigenvalue weighted by Crippen LogP contribution is 2.33. The Kier molecular flexibility index (Phi) is 6.36. The van der Waals surface area contributed by atoms with Gasteiger partial charge < -0.3 is 19.2 Å². The van der Waals surface area contributed by atoms with Crippen LogP contribution in [0.5, 0.6) is 11.5 Å². The number of oxazole rings is 1. The quantitative estimate of drug-likeness (QED) is 0.432. The fourth-order valence-corrected chi connectivity index (χ4v) is 3.66. The summed E-state index contributed by atoms with van der Waals surface area (Å²) in [5.74, 6) is 2.03. The summed E-state index contributed by atoms with van der Waals surface area (Å²) in [7, 11) is 3.18. The molecule has 2 heterocycles. The number of hydrogen-bond donors (Lipinski definition) is 1. The summed E-state index contributed by atoms with van der Waals surface area (Å²) in [6.45, 7) is 7.91. The van der Waals surface area contributed by atoms with E-state index in [1.54, 1.807) is 31.9 Å². The first kappa shape index (κ1) is 23.0. The van der Waals surface area contributed by atoms with E-state index in [0.29, 0.717) is 46.6 Å². The van der Waals surface area contributed by atoms with Gasteiger partial charge in [0.1, 0.15) is 23.0 Å². The van der Waals surface area contributed by atoms with Crippen molar-refractivity contribution in [2.75, 3.05) is 19.5 Å². The summed E-state index contributed by atoms with van der Waals surface area (Å²) < 4.78 is 18.3. The monoisotopic (exact) mass is 461 g/mol. The van der Waals surface area contributed by atoms with E-state index in [-0.39, 0.29) is 11.6 Å². The lowest BCUT2D eigenvalue weighted by molar-refractivity contribution is 0.102. The van der Waals surface area contributed by atoms with Crippen molar-refractivity contribution in [1.29, 1.82) is 0 Å². The minimum absolute atomic E-state index is 0.262. The zero-order valence-corrected chi connectivity index (χ0v) is 20.1. The molecular formula is C25H27N5O4. The first-order valence-electron chi connectivity index (χ1n) is 10.8. The Balaban J connectivity index is 1.56. The van der Waals surface area contributed by atoms with Crippen LogP contribution in [-0.2, 0) is 6.54 Å². The van der Waals surface area contributed by atoms with Gasteiger partial charge in [0.2, 0.25) is 5.89 Å². The maximum absolute atomic E-state index is 12.8. The van der Waals surface area contributed by atoms with Gasteiger partial charge in [0.15, 0.2) is 5.69 Å². The van der Waals surface area contributed by atoms with Gasteiger partial charge in [-0.3, -0.25) is 4.79 Å². The second-order valence-electron chi connectivity index (χ2n) is 8.04. The SMILES string of the molecule is COc1ccc(-c2nc(Cn3nnc(C(=O)Nc4ccc(C)cc4C)c3C)c(C)o2)c(OC)c1. The van der Waals surface area contributed by atoms with Gasteiger partial charge in [0, 0.05) is 11.8 Å². The number of carbonyl (C=O) groups excluding carboxylic acids is 1. The summed E-state index contributed by atoms with van der Waals surface area (Å²) in [5.41, 5.74) is 5.15. The van der Waals surface area contributed by atoms with Gasteiger partial charge in [-0.1, -0.05) is 22.9 Å². The highest BCUT2D eigenvalue weighted by molar-refractivity contribution is 6.03. The van der Waals surface area contributed by atoms with Crippen LogP contribution in [0.15, 0.2) is 40.8 Å². The third-order valence-electron chi connectivity index (χ3n) is 5.66. The smallest absolute Gasteiger partial charge is 0.278 e. The molecule has 1 N–H and O–H groups in total. The lowest BCUT2D eigenvalue weighted by Crippen LogP contribution is -2.15. The summed E-state index contributed by atoms with van der Waals surface area (Å²) in [5, 5.41) is 11.2. The average Bonchev–Trinajstić information content (AvgIpc) is 3.37. The third-order valence-corrected chi connectivity index (χ3v) is 5.66. The summed E-state index contributed by atoms with van der Waals surface area (Å²) in [6.07, 6.45) is 0. The molecular weight excluding hydrogens is 434 g/mol. The van der Waals surface area contributed by atoms with E-state index in [0.717, 1.165) is 16.8 Å². The van der Waals surface area contributed by atoms with E-state index in [1.807, 2.05) is 51.1 Å². The van der Waals surface area contributed by atoms with Crippen molar-refractivity contribution in [1.82, 2.24) is 20.0 Å². The zero-order chi connectivity index (χ0) is 24.4. The second kappa shape index (κ2) is 9.38. The molecule has 0 spiro atoms. The highest BCUT2D eigenvalue weighted by Gasteiger charge is 2.21. The van der Waals surface area contributed by atoms with Gasteiger partial charge in [0.05, 0.1) is 32.0 Å². The number of amides is 1. The van der Waals surface area contributed by atoms with Gasteiger partial charge in [-0.2, -0.15) is 0 Å². The van der Waals surface area contributed by atoms with Crippen molar-refractivity contribution in [3.63, 3.8) is 0 Å². The number of aromatic nitrogens is 4. The van der Waals surface area contributed by atoms with Crippen LogP contribution < -0.4 is 14.8 Å². The van der Waals surface area contributed by atoms with E-state index >= 15 is 0 Å². The molecule has 4 aromatic rings. The fraction of sp³-hybridized carbons (Fsp3) is 0.280. The van der Waals surface area contributed by atoms with E-state index in [1.165, 1.54) is 0 Å². The number of benzene rings is 2. The minimum Gasteiger partial charge on any atom is -0.497 e. The molecule has 34 heavy (non-hydrogen) atoms. The average molecular weight is 462 g/mol. The number of aryl methyl sites for hydroxylation is 3. The first-order chi connectivity index (χ1) is 16.3. The number of hydrogen-bond acceptors (Lipinski definition) is 7. The number of anilines is 1. The van der Waals surface area contributed by atoms with E-state index in [9.17, 15) is 4.79 Å². The summed E-state index contributed by atoms with van der Waals surface area (Å²) >= 11 is 0. The third kappa shape index (κ3) is 4.50. The number of carbonyl (C=O) groups is 1. The van der Waals surface area contributed by atoms with Crippen LogP contribution in [0.3, 0.4) is 0 Å². The van der Waals surface area contributed by atoms with Crippen LogP contribution in [-0.4, -0.2) is 40.1 Å². The number of nitrogens with zero attached hydrogens (tertiary/aromatic N) is 4. The Hall–Kier alpha value is -4.14. The number of rotatable bonds is 7. The molecule has 1 amide bonds. The normalized spacial score (nSPS) is 10.9. The van der Waals surface area contributed by atoms with Crippen molar-refractivity contribution in [3.8, 4) is 23.0 Å². The fourth-order valence-electron chi connectivity index (χ4n) is 3.66. The van der Waals surface area contributed by atoms with E-state index in [4.69, 9.17) is 13.9 Å². The van der Waals surface area contributed by atoms with Crippen molar-refractivity contribution in [3.05, 3.63) is 70.4 Å². The molecule has 2 aromatic heterocycles. The van der Waals surface area contributed by atoms with Crippen LogP contribution in [0.2, 0.25) is 0 Å². The van der Waals surface area contributed by atoms with Crippen molar-refractivity contribution >= 4 is 11.6 Å². The molecule has 0 saturated heterocycles. The standard InChI is InChI=1S/C25H27N5O4/c1-14-7-10-20(15(2)11-14)26-24(31)23-16(3)30(29-28-23)13-21-17(4)34-25(27-21)19-9-8-18(32-5)12-22(19)33-6/h7-12H,13H2,1-6H3,(H,26,31). The molecule has 0 aliphatic carbocycles. The van der Waals surface area contributed by atoms with Gasteiger partial charge in [-0.05, 0) is 51.5 Å². The van der Waals surface area contributed by atoms with Gasteiger partial charge in [-0.25, -0.2) is 9.67 Å². The summed E-state index contributed by atoms with van der Waals surface area (Å²) in [4.78, 5) is 17.5. The minimum atomic E-state index is -0.309. The van der Waals surface area contributed by atoms with Crippen molar-refractivity contribution < 1.29 is 18.7 Å². The molecule has 0 radical (unpaired) electrons. The Morgan fingerprint density at radius 3 is 2.56 bits per heavy atom. The molecule has 0 bridgehead atoms. The number of methoxy groups -OCH3 is 2. The molecule has 0 atom stereocenters. The molecule has 4 rings (SSSR count). The first-order valence-corrected chi connectivity index (χ1v) is 10.8. The highest BCUT2D eigenvalue weighted by atomic mass is 16.5. The Bertz CT molecular complexity index is 1360. The molecule has 0 unspecified atom stereocenters. The van der Waals surface area contributed by atoms with Crippen LogP contribution in [0, 0.1) is 27.7 Å². The van der Waals surface area contributed by atoms with Crippen LogP contribution in [0.4, 0.5) is 5.69 Å². The Morgan fingerprint density at radius 1 is 1.06 bits per heavy atom. The maximum Gasteiger partial charge on any atom is 0.278 e. The largest absolute Gasteiger partial charge is 0.497 e. The lowest BCUT2D eigenvalue weighted by atomic mass is 10.1. The van der Waals surface area contributed by atoms with Gasteiger partial charge >= 0.3 is 0 Å². The molecule has 2 aromatic carbocycles. The molecule has 9 nitrogen and oxygen atoms in total. The second-order valence-corrected chi connectivity index (χ2v) is 8.04. The molecule has 0 fully saturated rings. The maximum atomic E-state index is 12.8. The van der Waals surface area contributed by atoms with Crippen LogP contribution >= 0.6 is 0 Å². The molecule has 0 aliphatic heterocycles. The Morgan fingerprint density at radius 2 is 1.85 bits per heavy atom. The van der Waals surface area contributed by atoms with Crippen LogP contribution in [0.1, 0.15) is 38.8 Å². The van der Waals surface area contributed by atoms with Gasteiger partial charge in [0.25, 0.3) is 5.91 Å². The van der Waals surface area contributed by atoms with E-state index in [2.05, 4.69) is 20.6 Å². The topological polar surface area (TPSA) is 104 Å². The molecule has 176 valence electrons. The van der Waals surface area contributed by atoms with Crippen LogP contribution in [0.25, 0.3) is 11.5 Å².